The van der Waals surface area contributed by atoms with E-state index in [-0.39, 0.29) is 17.9 Å². The van der Waals surface area contributed by atoms with E-state index in [1.807, 2.05) is 6.92 Å². The number of aromatic nitrogens is 2. The molecule has 1 amide bonds. The van der Waals surface area contributed by atoms with Gasteiger partial charge in [-0.1, -0.05) is 19.3 Å². The maximum atomic E-state index is 12.1. The Bertz CT molecular complexity index is 393. The molecule has 0 aliphatic heterocycles. The summed E-state index contributed by atoms with van der Waals surface area (Å²) in [6.45, 7) is 1.81. The van der Waals surface area contributed by atoms with Crippen molar-refractivity contribution in [1.82, 2.24) is 9.36 Å². The van der Waals surface area contributed by atoms with Crippen LogP contribution in [-0.4, -0.2) is 21.3 Å². The molecular weight excluding hydrogens is 236 g/mol. The molecule has 0 bridgehead atoms. The van der Waals surface area contributed by atoms with Gasteiger partial charge in [-0.05, 0) is 19.8 Å². The van der Waals surface area contributed by atoms with Crippen molar-refractivity contribution in [2.45, 2.75) is 45.1 Å². The van der Waals surface area contributed by atoms with Crippen molar-refractivity contribution < 1.29 is 4.79 Å². The van der Waals surface area contributed by atoms with E-state index >= 15 is 0 Å². The molecule has 1 aliphatic carbocycles. The van der Waals surface area contributed by atoms with Crippen molar-refractivity contribution in [3.63, 3.8) is 0 Å². The van der Waals surface area contributed by atoms with Crippen LogP contribution in [0.25, 0.3) is 0 Å². The fraction of sp³-hybridized carbons (Fsp3) is 0.727. The number of aryl methyl sites for hydroxylation is 1. The third-order valence-electron chi connectivity index (χ3n) is 3.16. The van der Waals surface area contributed by atoms with Crippen LogP contribution in [0.5, 0.6) is 0 Å². The first-order valence-corrected chi connectivity index (χ1v) is 6.81. The van der Waals surface area contributed by atoms with Gasteiger partial charge in [0.15, 0.2) is 0 Å². The van der Waals surface area contributed by atoms with Crippen LogP contribution in [0.3, 0.4) is 0 Å². The average Bonchev–Trinajstić information content (AvgIpc) is 2.57. The molecule has 0 aromatic carbocycles. The van der Waals surface area contributed by atoms with Gasteiger partial charge in [-0.15, -0.1) is 0 Å². The van der Waals surface area contributed by atoms with Gasteiger partial charge >= 0.3 is 0 Å². The van der Waals surface area contributed by atoms with Crippen LogP contribution >= 0.6 is 11.5 Å². The van der Waals surface area contributed by atoms with Crippen molar-refractivity contribution in [3.8, 4) is 0 Å². The summed E-state index contributed by atoms with van der Waals surface area (Å²) in [6.07, 6.45) is 5.21. The van der Waals surface area contributed by atoms with E-state index in [4.69, 9.17) is 5.73 Å². The number of nitrogens with one attached hydrogen (secondary N) is 1. The van der Waals surface area contributed by atoms with E-state index in [0.29, 0.717) is 11.0 Å². The smallest absolute Gasteiger partial charge is 0.230 e. The van der Waals surface area contributed by atoms with Crippen LogP contribution in [0.15, 0.2) is 0 Å². The molecule has 0 spiro atoms. The summed E-state index contributed by atoms with van der Waals surface area (Å²) >= 11 is 1.21. The van der Waals surface area contributed by atoms with Gasteiger partial charge in [0.25, 0.3) is 0 Å². The summed E-state index contributed by atoms with van der Waals surface area (Å²) in [7, 11) is 0. The Labute approximate surface area is 105 Å². The highest BCUT2D eigenvalue weighted by Gasteiger charge is 2.27. The number of hydrogen-bond donors (Lipinski definition) is 2. The van der Waals surface area contributed by atoms with Crippen molar-refractivity contribution in [2.24, 2.45) is 11.7 Å². The summed E-state index contributed by atoms with van der Waals surface area (Å²) in [5.74, 6) is 0.604. The molecule has 6 heteroatoms. The number of hydrogen-bond acceptors (Lipinski definition) is 5. The molecule has 1 saturated carbocycles. The van der Waals surface area contributed by atoms with Crippen molar-refractivity contribution in [2.75, 3.05) is 5.32 Å². The fourth-order valence-electron chi connectivity index (χ4n) is 2.21. The van der Waals surface area contributed by atoms with E-state index in [2.05, 4.69) is 14.7 Å². The lowest BCUT2D eigenvalue weighted by Gasteiger charge is -2.19. The molecule has 1 heterocycles. The van der Waals surface area contributed by atoms with Crippen LogP contribution in [0.4, 0.5) is 5.13 Å². The summed E-state index contributed by atoms with van der Waals surface area (Å²) in [5, 5.41) is 3.39. The first kappa shape index (κ1) is 12.4. The van der Waals surface area contributed by atoms with Gasteiger partial charge < -0.3 is 11.1 Å². The second kappa shape index (κ2) is 5.55. The number of nitrogens with two attached hydrogens (primary N) is 1. The van der Waals surface area contributed by atoms with Crippen LogP contribution in [0.2, 0.25) is 0 Å². The highest BCUT2D eigenvalue weighted by Crippen LogP contribution is 2.23. The SMILES string of the molecule is Cc1nsc(NC(=O)C2CCCCCC2N)n1. The molecule has 0 radical (unpaired) electrons. The Morgan fingerprint density at radius 1 is 1.41 bits per heavy atom. The molecule has 2 atom stereocenters. The standard InChI is InChI=1S/C11H18N4OS/c1-7-13-11(17-15-7)14-10(16)8-5-3-2-4-6-9(8)12/h8-9H,2-6,12H2,1H3,(H,13,14,15,16). The Balaban J connectivity index is 1.98. The van der Waals surface area contributed by atoms with Crippen LogP contribution in [0.1, 0.15) is 37.9 Å². The zero-order chi connectivity index (χ0) is 12.3. The molecule has 1 fully saturated rings. The lowest BCUT2D eigenvalue weighted by atomic mass is 9.95. The summed E-state index contributed by atoms with van der Waals surface area (Å²) in [6, 6.07) is -0.0217. The number of nitrogens with zero attached hydrogens (tertiary/aromatic N) is 2. The predicted molar refractivity (Wildman–Crippen MR) is 67.8 cm³/mol. The minimum absolute atomic E-state index is 0.00412. The lowest BCUT2D eigenvalue weighted by Crippen LogP contribution is -2.37. The molecule has 1 aromatic heterocycles. The maximum absolute atomic E-state index is 12.1. The van der Waals surface area contributed by atoms with Crippen LogP contribution < -0.4 is 11.1 Å². The van der Waals surface area contributed by atoms with Gasteiger partial charge in [-0.25, -0.2) is 4.98 Å². The number of carbonyl (C=O) groups excluding carboxylic acids is 1. The minimum atomic E-state index is -0.0818. The average molecular weight is 254 g/mol. The number of amides is 1. The zero-order valence-electron chi connectivity index (χ0n) is 9.98. The second-order valence-electron chi connectivity index (χ2n) is 4.54. The summed E-state index contributed by atoms with van der Waals surface area (Å²) in [5.41, 5.74) is 6.05. The first-order valence-electron chi connectivity index (χ1n) is 6.03. The molecule has 17 heavy (non-hydrogen) atoms. The number of anilines is 1. The Hall–Kier alpha value is -1.01. The van der Waals surface area contributed by atoms with Gasteiger partial charge in [-0.3, -0.25) is 4.79 Å². The number of rotatable bonds is 2. The van der Waals surface area contributed by atoms with Crippen molar-refractivity contribution in [1.29, 1.82) is 0 Å². The van der Waals surface area contributed by atoms with E-state index in [1.165, 1.54) is 18.0 Å². The maximum Gasteiger partial charge on any atom is 0.230 e. The second-order valence-corrected chi connectivity index (χ2v) is 5.30. The van der Waals surface area contributed by atoms with Crippen molar-refractivity contribution >= 4 is 22.6 Å². The van der Waals surface area contributed by atoms with Gasteiger partial charge in [0.2, 0.25) is 11.0 Å². The monoisotopic (exact) mass is 254 g/mol. The first-order chi connectivity index (χ1) is 8.16. The Morgan fingerprint density at radius 3 is 2.88 bits per heavy atom. The van der Waals surface area contributed by atoms with E-state index < -0.39 is 0 Å². The third kappa shape index (κ3) is 3.23. The summed E-state index contributed by atoms with van der Waals surface area (Å²) < 4.78 is 4.04. The minimum Gasteiger partial charge on any atom is -0.327 e. The van der Waals surface area contributed by atoms with Crippen LogP contribution in [0, 0.1) is 12.8 Å². The Morgan fingerprint density at radius 2 is 2.18 bits per heavy atom. The van der Waals surface area contributed by atoms with E-state index in [1.54, 1.807) is 0 Å². The molecule has 1 aromatic rings. The number of carbonyl (C=O) groups is 1. The quantitative estimate of drug-likeness (QED) is 0.787. The third-order valence-corrected chi connectivity index (χ3v) is 3.89. The molecule has 2 unspecified atom stereocenters. The molecule has 0 saturated heterocycles. The molecule has 2 rings (SSSR count). The topological polar surface area (TPSA) is 80.9 Å². The molecular formula is C11H18N4OS. The van der Waals surface area contributed by atoms with Crippen LogP contribution in [-0.2, 0) is 4.79 Å². The highest BCUT2D eigenvalue weighted by molar-refractivity contribution is 7.09. The largest absolute Gasteiger partial charge is 0.327 e. The molecule has 1 aliphatic rings. The fourth-order valence-corrected chi connectivity index (χ4v) is 2.79. The van der Waals surface area contributed by atoms with Gasteiger partial charge in [0.05, 0.1) is 5.92 Å². The molecule has 5 nitrogen and oxygen atoms in total. The van der Waals surface area contributed by atoms with Gasteiger partial charge in [-0.2, -0.15) is 4.37 Å². The predicted octanol–water partition coefficient (Wildman–Crippen LogP) is 1.69. The normalized spacial score (nSPS) is 25.3. The molecule has 3 N–H and O–H groups in total. The van der Waals surface area contributed by atoms with Gasteiger partial charge in [0.1, 0.15) is 5.82 Å². The summed E-state index contributed by atoms with van der Waals surface area (Å²) in [4.78, 5) is 16.2. The zero-order valence-corrected chi connectivity index (χ0v) is 10.8. The van der Waals surface area contributed by atoms with Crippen molar-refractivity contribution in [3.05, 3.63) is 5.82 Å². The van der Waals surface area contributed by atoms with Gasteiger partial charge in [0, 0.05) is 17.6 Å². The lowest BCUT2D eigenvalue weighted by molar-refractivity contribution is -0.120. The highest BCUT2D eigenvalue weighted by atomic mass is 32.1. The van der Waals surface area contributed by atoms with E-state index in [0.717, 1.165) is 25.7 Å². The van der Waals surface area contributed by atoms with E-state index in [9.17, 15) is 4.79 Å². The molecule has 94 valence electrons. The Kier molecular flexibility index (Phi) is 4.06.